The van der Waals surface area contributed by atoms with Crippen molar-refractivity contribution >= 4 is 39.1 Å². The molecule has 0 aliphatic rings. The molecule has 1 N–H and O–H groups in total. The summed E-state index contributed by atoms with van der Waals surface area (Å²) in [6.45, 7) is 6.65. The molecule has 0 aliphatic carbocycles. The number of likely N-dealkylation sites (N-methyl/N-ethyl adjacent to an activating group) is 1. The lowest BCUT2D eigenvalue weighted by Gasteiger charge is -2.31. The Morgan fingerprint density at radius 2 is 1.57 bits per heavy atom. The van der Waals surface area contributed by atoms with Gasteiger partial charge in [0.05, 0.1) is 11.9 Å². The minimum atomic E-state index is -3.52. The number of rotatable bonds is 13. The van der Waals surface area contributed by atoms with Crippen molar-refractivity contribution in [3.05, 3.63) is 64.7 Å². The molecule has 1 atom stereocenters. The van der Waals surface area contributed by atoms with Crippen LogP contribution in [0.5, 0.6) is 0 Å². The number of hydrogen-bond donors (Lipinski definition) is 1. The van der Waals surface area contributed by atoms with E-state index in [2.05, 4.69) is 5.32 Å². The molecule has 0 saturated carbocycles. The van der Waals surface area contributed by atoms with Crippen molar-refractivity contribution in [3.63, 3.8) is 0 Å². The first-order valence-electron chi connectivity index (χ1n) is 12.0. The summed E-state index contributed by atoms with van der Waals surface area (Å²) in [7, 11) is -3.52. The summed E-state index contributed by atoms with van der Waals surface area (Å²) < 4.78 is 26.2. The number of aryl methyl sites for hydroxylation is 1. The van der Waals surface area contributed by atoms with Crippen LogP contribution >= 0.6 is 11.6 Å². The number of anilines is 1. The highest BCUT2D eigenvalue weighted by Crippen LogP contribution is 2.21. The Bertz CT molecular complexity index is 1070. The number of nitrogens with one attached hydrogen (secondary N) is 1. The second-order valence-electron chi connectivity index (χ2n) is 8.43. The van der Waals surface area contributed by atoms with Gasteiger partial charge in [0.1, 0.15) is 6.04 Å². The van der Waals surface area contributed by atoms with Crippen LogP contribution < -0.4 is 9.62 Å². The van der Waals surface area contributed by atoms with E-state index in [0.717, 1.165) is 23.8 Å². The van der Waals surface area contributed by atoms with Crippen molar-refractivity contribution in [2.45, 2.75) is 59.0 Å². The molecule has 0 aliphatic heterocycles. The van der Waals surface area contributed by atoms with E-state index in [1.54, 1.807) is 29.2 Å². The second kappa shape index (κ2) is 13.5. The maximum Gasteiger partial charge on any atom is 0.242 e. The molecule has 0 bridgehead atoms. The van der Waals surface area contributed by atoms with Gasteiger partial charge in [-0.25, -0.2) is 8.42 Å². The molecule has 2 amide bonds. The molecule has 2 aromatic carbocycles. The van der Waals surface area contributed by atoms with Crippen LogP contribution in [0, 0.1) is 0 Å². The third-order valence-corrected chi connectivity index (χ3v) is 7.23. The zero-order valence-corrected chi connectivity index (χ0v) is 22.5. The fraction of sp³-hybridized carbons (Fsp3) is 0.462. The minimum Gasteiger partial charge on any atom is -0.355 e. The molecule has 7 nitrogen and oxygen atoms in total. The van der Waals surface area contributed by atoms with E-state index in [9.17, 15) is 18.0 Å². The monoisotopic (exact) mass is 521 g/mol. The van der Waals surface area contributed by atoms with Crippen LogP contribution in [0.3, 0.4) is 0 Å². The van der Waals surface area contributed by atoms with Gasteiger partial charge in [-0.05, 0) is 61.6 Å². The van der Waals surface area contributed by atoms with Crippen LogP contribution in [0.1, 0.15) is 51.2 Å². The number of carbonyl (C=O) groups is 2. The number of nitrogens with zero attached hydrogens (tertiary/aromatic N) is 2. The number of amides is 2. The topological polar surface area (TPSA) is 86.8 Å². The van der Waals surface area contributed by atoms with Crippen LogP contribution in [-0.2, 0) is 32.6 Å². The van der Waals surface area contributed by atoms with Crippen LogP contribution in [0.25, 0.3) is 0 Å². The van der Waals surface area contributed by atoms with Crippen molar-refractivity contribution < 1.29 is 18.0 Å². The van der Waals surface area contributed by atoms with Crippen LogP contribution in [-0.4, -0.2) is 50.5 Å². The van der Waals surface area contributed by atoms with Gasteiger partial charge in [0, 0.05) is 31.1 Å². The van der Waals surface area contributed by atoms with Gasteiger partial charge in [0.25, 0.3) is 0 Å². The molecule has 0 aromatic heterocycles. The molecule has 9 heteroatoms. The van der Waals surface area contributed by atoms with Crippen molar-refractivity contribution in [2.75, 3.05) is 23.7 Å². The van der Waals surface area contributed by atoms with E-state index in [-0.39, 0.29) is 31.3 Å². The molecular formula is C26H36ClN3O4S. The normalized spacial score (nSPS) is 12.1. The zero-order valence-electron chi connectivity index (χ0n) is 21.0. The predicted octanol–water partition coefficient (Wildman–Crippen LogP) is 4.39. The first-order chi connectivity index (χ1) is 16.6. The molecular weight excluding hydrogens is 486 g/mol. The number of hydrogen-bond acceptors (Lipinski definition) is 4. The van der Waals surface area contributed by atoms with Crippen LogP contribution in [0.4, 0.5) is 5.69 Å². The molecule has 0 radical (unpaired) electrons. The quantitative estimate of drug-likeness (QED) is 0.423. The van der Waals surface area contributed by atoms with Crippen LogP contribution in [0.2, 0.25) is 5.02 Å². The standard InChI is InChI=1S/C26H36ClN3O4S/c1-5-20-12-16-23(17-13-20)30(35(4,33)34)18-8-9-25(31)29(24(6-2)26(32)28-7-3)19-21-10-14-22(27)15-11-21/h10-17,24H,5-9,18-19H2,1-4H3,(H,28,32). The van der Waals surface area contributed by atoms with Crippen molar-refractivity contribution in [1.29, 1.82) is 0 Å². The smallest absolute Gasteiger partial charge is 0.242 e. The van der Waals surface area contributed by atoms with Gasteiger partial charge in [-0.15, -0.1) is 0 Å². The fourth-order valence-corrected chi connectivity index (χ4v) is 4.99. The van der Waals surface area contributed by atoms with Gasteiger partial charge in [-0.3, -0.25) is 13.9 Å². The molecule has 0 fully saturated rings. The average Bonchev–Trinajstić information content (AvgIpc) is 2.82. The van der Waals surface area contributed by atoms with Gasteiger partial charge in [-0.1, -0.05) is 49.7 Å². The van der Waals surface area contributed by atoms with E-state index < -0.39 is 16.1 Å². The minimum absolute atomic E-state index is 0.114. The summed E-state index contributed by atoms with van der Waals surface area (Å²) >= 11 is 6.00. The molecule has 192 valence electrons. The molecule has 0 heterocycles. The van der Waals surface area contributed by atoms with Gasteiger partial charge in [-0.2, -0.15) is 0 Å². The summed E-state index contributed by atoms with van der Waals surface area (Å²) in [5.41, 5.74) is 2.55. The van der Waals surface area contributed by atoms with Crippen molar-refractivity contribution in [3.8, 4) is 0 Å². The van der Waals surface area contributed by atoms with Crippen molar-refractivity contribution in [2.24, 2.45) is 0 Å². The maximum absolute atomic E-state index is 13.3. The van der Waals surface area contributed by atoms with E-state index >= 15 is 0 Å². The van der Waals surface area contributed by atoms with E-state index in [0.29, 0.717) is 30.1 Å². The highest BCUT2D eigenvalue weighted by Gasteiger charge is 2.28. The predicted molar refractivity (Wildman–Crippen MR) is 142 cm³/mol. The summed E-state index contributed by atoms with van der Waals surface area (Å²) in [4.78, 5) is 27.6. The molecule has 0 saturated heterocycles. The summed E-state index contributed by atoms with van der Waals surface area (Å²) in [6, 6.07) is 13.9. The van der Waals surface area contributed by atoms with E-state index in [4.69, 9.17) is 11.6 Å². The van der Waals surface area contributed by atoms with Gasteiger partial charge in [0.2, 0.25) is 21.8 Å². The summed E-state index contributed by atoms with van der Waals surface area (Å²) in [6.07, 6.45) is 2.93. The third kappa shape index (κ3) is 8.54. The Labute approximate surface area is 214 Å². The SMILES string of the molecule is CCNC(=O)C(CC)N(Cc1ccc(Cl)cc1)C(=O)CCCN(c1ccc(CC)cc1)S(C)(=O)=O. The fourth-order valence-electron chi connectivity index (χ4n) is 3.90. The van der Waals surface area contributed by atoms with Gasteiger partial charge < -0.3 is 10.2 Å². The Hall–Kier alpha value is -2.58. The first kappa shape index (κ1) is 28.7. The molecule has 0 spiro atoms. The Kier molecular flexibility index (Phi) is 11.0. The average molecular weight is 522 g/mol. The molecule has 2 rings (SSSR count). The Morgan fingerprint density at radius 3 is 2.09 bits per heavy atom. The number of halogens is 1. The van der Waals surface area contributed by atoms with E-state index in [1.165, 1.54) is 4.31 Å². The summed E-state index contributed by atoms with van der Waals surface area (Å²) in [5.74, 6) is -0.404. The summed E-state index contributed by atoms with van der Waals surface area (Å²) in [5, 5.41) is 3.40. The van der Waals surface area contributed by atoms with Crippen molar-refractivity contribution in [1.82, 2.24) is 10.2 Å². The molecule has 35 heavy (non-hydrogen) atoms. The van der Waals surface area contributed by atoms with Gasteiger partial charge >= 0.3 is 0 Å². The number of carbonyl (C=O) groups excluding carboxylic acids is 2. The van der Waals surface area contributed by atoms with Crippen LogP contribution in [0.15, 0.2) is 48.5 Å². The second-order valence-corrected chi connectivity index (χ2v) is 10.8. The lowest BCUT2D eigenvalue weighted by atomic mass is 10.1. The Morgan fingerprint density at radius 1 is 0.971 bits per heavy atom. The largest absolute Gasteiger partial charge is 0.355 e. The highest BCUT2D eigenvalue weighted by molar-refractivity contribution is 7.92. The third-order valence-electron chi connectivity index (χ3n) is 5.79. The highest BCUT2D eigenvalue weighted by atomic mass is 35.5. The maximum atomic E-state index is 13.3. The van der Waals surface area contributed by atoms with E-state index in [1.807, 2.05) is 45.0 Å². The van der Waals surface area contributed by atoms with Gasteiger partial charge in [0.15, 0.2) is 0 Å². The number of sulfonamides is 1. The first-order valence-corrected chi connectivity index (χ1v) is 14.2. The zero-order chi connectivity index (χ0) is 26.0. The molecule has 1 unspecified atom stereocenters. The Balaban J connectivity index is 2.18. The lowest BCUT2D eigenvalue weighted by molar-refractivity contribution is -0.141. The number of benzene rings is 2. The lowest BCUT2D eigenvalue weighted by Crippen LogP contribution is -2.49. The molecule has 2 aromatic rings.